The largest absolute Gasteiger partial charge is 0.318 e. The van der Waals surface area contributed by atoms with Crippen LogP contribution in [0.25, 0.3) is 0 Å². The minimum absolute atomic E-state index is 0.884. The summed E-state index contributed by atoms with van der Waals surface area (Å²) in [5, 5.41) is 5.05. The molecule has 6 rings (SSSR count). The van der Waals surface area contributed by atoms with Crippen molar-refractivity contribution in [2.24, 2.45) is 0 Å². The van der Waals surface area contributed by atoms with Gasteiger partial charge >= 0.3 is 0 Å². The summed E-state index contributed by atoms with van der Waals surface area (Å²) in [6, 6.07) is 48.9. The maximum absolute atomic E-state index is 7.64. The molecule has 0 saturated carbocycles. The molecular formula is C44H44OP2. The number of aryl methyl sites for hydroxylation is 6. The fraction of sp³-hybridized carbons (Fsp3) is 0.182. The van der Waals surface area contributed by atoms with E-state index in [9.17, 15) is 0 Å². The second kappa shape index (κ2) is 14.9. The molecule has 0 aliphatic heterocycles. The van der Waals surface area contributed by atoms with Gasteiger partial charge in [0, 0.05) is 21.2 Å². The van der Waals surface area contributed by atoms with Gasteiger partial charge in [-0.1, -0.05) is 145 Å². The van der Waals surface area contributed by atoms with Gasteiger partial charge < -0.3 is 4.31 Å². The SMILES string of the molecule is Cc1cc(C)c(Cc2ccccc2P(OP(c2ccccc2)c2ccccc2Cc2c(C)cc(C)cc2C)c2ccccc2)c(C)c1. The van der Waals surface area contributed by atoms with Crippen molar-refractivity contribution in [1.82, 2.24) is 0 Å². The minimum Gasteiger partial charge on any atom is -0.318 e. The quantitative estimate of drug-likeness (QED) is 0.134. The van der Waals surface area contributed by atoms with Crippen LogP contribution in [0.5, 0.6) is 0 Å². The Morgan fingerprint density at radius 2 is 0.723 bits per heavy atom. The predicted molar refractivity (Wildman–Crippen MR) is 206 cm³/mol. The number of rotatable bonds is 10. The summed E-state index contributed by atoms with van der Waals surface area (Å²) in [5.74, 6) is 0. The third-order valence-corrected chi connectivity index (χ3v) is 13.6. The average Bonchev–Trinajstić information content (AvgIpc) is 3.06. The summed E-state index contributed by atoms with van der Waals surface area (Å²) in [6.07, 6.45) is 1.77. The molecule has 6 aromatic rings. The molecule has 6 aromatic carbocycles. The Kier molecular flexibility index (Phi) is 10.5. The van der Waals surface area contributed by atoms with Crippen LogP contribution in [-0.4, -0.2) is 0 Å². The Labute approximate surface area is 284 Å². The molecule has 0 aliphatic rings. The Hall–Kier alpha value is -3.86. The van der Waals surface area contributed by atoms with Crippen LogP contribution in [0.2, 0.25) is 0 Å². The van der Waals surface area contributed by atoms with Crippen LogP contribution in [0.1, 0.15) is 55.6 Å². The zero-order valence-corrected chi connectivity index (χ0v) is 30.2. The molecule has 0 amide bonds. The lowest BCUT2D eigenvalue weighted by Crippen LogP contribution is -2.22. The highest BCUT2D eigenvalue weighted by Crippen LogP contribution is 2.52. The molecule has 0 N–H and O–H groups in total. The third-order valence-electron chi connectivity index (χ3n) is 8.98. The molecule has 0 aromatic heterocycles. The van der Waals surface area contributed by atoms with Gasteiger partial charge in [0.25, 0.3) is 0 Å². The molecule has 3 heteroatoms. The van der Waals surface area contributed by atoms with E-state index in [-0.39, 0.29) is 0 Å². The van der Waals surface area contributed by atoms with Gasteiger partial charge in [-0.05, 0) is 98.9 Å². The Morgan fingerprint density at radius 3 is 1.09 bits per heavy atom. The van der Waals surface area contributed by atoms with Crippen molar-refractivity contribution in [2.75, 3.05) is 0 Å². The van der Waals surface area contributed by atoms with E-state index in [4.69, 9.17) is 4.31 Å². The van der Waals surface area contributed by atoms with E-state index < -0.39 is 16.3 Å². The van der Waals surface area contributed by atoms with Crippen molar-refractivity contribution in [2.45, 2.75) is 54.4 Å². The van der Waals surface area contributed by atoms with Crippen molar-refractivity contribution >= 4 is 37.5 Å². The molecule has 0 heterocycles. The summed E-state index contributed by atoms with van der Waals surface area (Å²) in [6.45, 7) is 13.4. The molecule has 0 fully saturated rings. The van der Waals surface area contributed by atoms with E-state index in [0.29, 0.717) is 0 Å². The second-order valence-electron chi connectivity index (χ2n) is 12.7. The summed E-state index contributed by atoms with van der Waals surface area (Å²) in [4.78, 5) is 0. The first-order valence-electron chi connectivity index (χ1n) is 16.5. The van der Waals surface area contributed by atoms with Crippen LogP contribution < -0.4 is 21.2 Å². The van der Waals surface area contributed by atoms with Gasteiger partial charge in [-0.15, -0.1) is 0 Å². The highest BCUT2D eigenvalue weighted by molar-refractivity contribution is 7.80. The van der Waals surface area contributed by atoms with Crippen molar-refractivity contribution in [3.63, 3.8) is 0 Å². The van der Waals surface area contributed by atoms with Crippen molar-refractivity contribution in [1.29, 1.82) is 0 Å². The van der Waals surface area contributed by atoms with Crippen LogP contribution in [0, 0.1) is 41.5 Å². The van der Waals surface area contributed by atoms with Crippen molar-refractivity contribution in [3.8, 4) is 0 Å². The van der Waals surface area contributed by atoms with Gasteiger partial charge in [0.1, 0.15) is 0 Å². The number of hydrogen-bond acceptors (Lipinski definition) is 1. The molecule has 2 atom stereocenters. The molecule has 0 spiro atoms. The summed E-state index contributed by atoms with van der Waals surface area (Å²) < 4.78 is 7.64. The maximum Gasteiger partial charge on any atom is 0.0979 e. The summed E-state index contributed by atoms with van der Waals surface area (Å²) >= 11 is 0. The van der Waals surface area contributed by atoms with E-state index in [2.05, 4.69) is 175 Å². The lowest BCUT2D eigenvalue weighted by molar-refractivity contribution is 0.719. The van der Waals surface area contributed by atoms with Crippen molar-refractivity contribution in [3.05, 3.63) is 189 Å². The Balaban J connectivity index is 1.47. The van der Waals surface area contributed by atoms with Gasteiger partial charge in [-0.2, -0.15) is 0 Å². The predicted octanol–water partition coefficient (Wildman–Crippen LogP) is 10.1. The topological polar surface area (TPSA) is 9.23 Å². The molecule has 236 valence electrons. The van der Waals surface area contributed by atoms with E-state index in [1.807, 2.05) is 0 Å². The Morgan fingerprint density at radius 1 is 0.404 bits per heavy atom. The fourth-order valence-corrected chi connectivity index (χ4v) is 11.6. The number of benzene rings is 6. The van der Waals surface area contributed by atoms with Gasteiger partial charge in [0.15, 0.2) is 0 Å². The third kappa shape index (κ3) is 7.66. The highest BCUT2D eigenvalue weighted by Gasteiger charge is 2.28. The fourth-order valence-electron chi connectivity index (χ4n) is 6.74. The standard InChI is InChI=1S/C44H44OP2/c1-31-25-33(3)41(34(4)26-31)29-37-17-13-15-23-43(37)46(39-19-9-7-10-20-39)45-47(40-21-11-8-12-22-40)44-24-16-14-18-38(44)30-42-35(5)27-32(2)28-36(42)6/h7-28H,29-30H2,1-6H3. The molecule has 1 nitrogen and oxygen atoms in total. The minimum atomic E-state index is -1.14. The van der Waals surface area contributed by atoms with Gasteiger partial charge in [0.2, 0.25) is 0 Å². The van der Waals surface area contributed by atoms with Gasteiger partial charge in [-0.3, -0.25) is 0 Å². The van der Waals surface area contributed by atoms with Crippen LogP contribution in [0.4, 0.5) is 0 Å². The van der Waals surface area contributed by atoms with E-state index >= 15 is 0 Å². The normalized spacial score (nSPS) is 12.6. The van der Waals surface area contributed by atoms with Crippen LogP contribution in [0.3, 0.4) is 0 Å². The van der Waals surface area contributed by atoms with Crippen LogP contribution >= 0.6 is 16.3 Å². The summed E-state index contributed by atoms with van der Waals surface area (Å²) in [5.41, 5.74) is 13.5. The van der Waals surface area contributed by atoms with E-state index in [1.54, 1.807) is 0 Å². The first-order chi connectivity index (χ1) is 22.8. The molecular weight excluding hydrogens is 606 g/mol. The molecule has 47 heavy (non-hydrogen) atoms. The average molecular weight is 651 g/mol. The number of hydrogen-bond donors (Lipinski definition) is 0. The highest BCUT2D eigenvalue weighted by atomic mass is 31.2. The lowest BCUT2D eigenvalue weighted by Gasteiger charge is -2.29. The molecule has 0 saturated heterocycles. The lowest BCUT2D eigenvalue weighted by atomic mass is 9.94. The van der Waals surface area contributed by atoms with Crippen molar-refractivity contribution < 1.29 is 4.31 Å². The molecule has 0 aliphatic carbocycles. The molecule has 2 unspecified atom stereocenters. The van der Waals surface area contributed by atoms with Gasteiger partial charge in [0.05, 0.1) is 16.3 Å². The summed E-state index contributed by atoms with van der Waals surface area (Å²) in [7, 11) is -2.28. The monoisotopic (exact) mass is 650 g/mol. The Bertz CT molecular complexity index is 1790. The second-order valence-corrected chi connectivity index (χ2v) is 16.5. The van der Waals surface area contributed by atoms with Gasteiger partial charge in [-0.25, -0.2) is 0 Å². The van der Waals surface area contributed by atoms with Crippen LogP contribution in [0.15, 0.2) is 133 Å². The zero-order chi connectivity index (χ0) is 32.9. The van der Waals surface area contributed by atoms with Crippen LogP contribution in [-0.2, 0) is 17.2 Å². The smallest absolute Gasteiger partial charge is 0.0979 e. The molecule has 0 radical (unpaired) electrons. The molecule has 0 bridgehead atoms. The zero-order valence-electron chi connectivity index (χ0n) is 28.4. The van der Waals surface area contributed by atoms with E-state index in [0.717, 1.165) is 12.8 Å². The maximum atomic E-state index is 7.64. The van der Waals surface area contributed by atoms with E-state index in [1.165, 1.54) is 76.9 Å². The first-order valence-corrected chi connectivity index (χ1v) is 19.0. The first kappa shape index (κ1) is 33.1.